The van der Waals surface area contributed by atoms with Crippen LogP contribution in [-0.2, 0) is 0 Å². The number of benzene rings is 1. The number of nitriles is 1. The average molecular weight is 272 g/mol. The molecule has 0 heterocycles. The third kappa shape index (κ3) is 3.32. The summed E-state index contributed by atoms with van der Waals surface area (Å²) < 4.78 is 0. The second-order valence-electron chi connectivity index (χ2n) is 3.70. The molecule has 0 bridgehead atoms. The van der Waals surface area contributed by atoms with E-state index in [1.54, 1.807) is 0 Å². The Bertz CT molecular complexity index is 485. The quantitative estimate of drug-likeness (QED) is 0.645. The standard InChI is InChI=1S/C11H13N3O3.ClH/c1-2-3-9(13)8-4-7(6-12)5-10(11(8)15)14(16)17;/h4-5,9,15H,2-3,13H2,1H3;1H/t9-;/m1./s1. The van der Waals surface area contributed by atoms with Crippen LogP contribution < -0.4 is 5.73 Å². The summed E-state index contributed by atoms with van der Waals surface area (Å²) in [5.74, 6) is -0.449. The van der Waals surface area contributed by atoms with E-state index in [1.807, 2.05) is 13.0 Å². The number of halogens is 1. The lowest BCUT2D eigenvalue weighted by atomic mass is 9.99. The lowest BCUT2D eigenvalue weighted by molar-refractivity contribution is -0.386. The number of nitrogens with two attached hydrogens (primary N) is 1. The monoisotopic (exact) mass is 271 g/mol. The Kier molecular flexibility index (Phi) is 6.09. The van der Waals surface area contributed by atoms with Crippen LogP contribution in [-0.4, -0.2) is 10.0 Å². The number of nitrogens with zero attached hydrogens (tertiary/aromatic N) is 2. The molecule has 0 fully saturated rings. The summed E-state index contributed by atoms with van der Waals surface area (Å²) in [5.41, 5.74) is 5.70. The summed E-state index contributed by atoms with van der Waals surface area (Å²) >= 11 is 0. The second kappa shape index (κ2) is 6.79. The molecule has 0 saturated heterocycles. The normalized spacial score (nSPS) is 11.2. The molecule has 0 spiro atoms. The fraction of sp³-hybridized carbons (Fsp3) is 0.364. The molecule has 0 aliphatic heterocycles. The molecule has 1 rings (SSSR count). The van der Waals surface area contributed by atoms with Gasteiger partial charge in [0.1, 0.15) is 0 Å². The molecule has 0 radical (unpaired) electrons. The van der Waals surface area contributed by atoms with Crippen LogP contribution in [0.15, 0.2) is 12.1 Å². The molecular formula is C11H14ClN3O3. The first-order valence-electron chi connectivity index (χ1n) is 5.18. The molecule has 1 aromatic rings. The summed E-state index contributed by atoms with van der Waals surface area (Å²) in [6, 6.07) is 3.74. The van der Waals surface area contributed by atoms with Crippen molar-refractivity contribution >= 4 is 18.1 Å². The highest BCUT2D eigenvalue weighted by molar-refractivity contribution is 5.85. The lowest BCUT2D eigenvalue weighted by Crippen LogP contribution is -2.11. The molecule has 0 unspecified atom stereocenters. The van der Waals surface area contributed by atoms with E-state index in [0.29, 0.717) is 6.42 Å². The molecular weight excluding hydrogens is 258 g/mol. The van der Waals surface area contributed by atoms with Gasteiger partial charge in [0.05, 0.1) is 16.6 Å². The van der Waals surface area contributed by atoms with Crippen molar-refractivity contribution in [1.82, 2.24) is 0 Å². The van der Waals surface area contributed by atoms with Gasteiger partial charge in [-0.15, -0.1) is 12.4 Å². The van der Waals surface area contributed by atoms with Gasteiger partial charge in [0.2, 0.25) is 0 Å². The maximum atomic E-state index is 10.7. The van der Waals surface area contributed by atoms with Crippen LogP contribution in [0.2, 0.25) is 0 Å². The highest BCUT2D eigenvalue weighted by Gasteiger charge is 2.22. The molecule has 1 atom stereocenters. The van der Waals surface area contributed by atoms with E-state index in [0.717, 1.165) is 12.5 Å². The van der Waals surface area contributed by atoms with Gasteiger partial charge in [-0.05, 0) is 12.5 Å². The van der Waals surface area contributed by atoms with Gasteiger partial charge in [0.15, 0.2) is 5.75 Å². The van der Waals surface area contributed by atoms with Crippen molar-refractivity contribution in [3.8, 4) is 11.8 Å². The minimum absolute atomic E-state index is 0. The van der Waals surface area contributed by atoms with Gasteiger partial charge in [0, 0.05) is 17.7 Å². The Morgan fingerprint density at radius 3 is 2.67 bits per heavy atom. The predicted octanol–water partition coefficient (Wildman–Crippen LogP) is 2.39. The van der Waals surface area contributed by atoms with Crippen molar-refractivity contribution < 1.29 is 10.0 Å². The zero-order valence-corrected chi connectivity index (χ0v) is 10.6. The van der Waals surface area contributed by atoms with E-state index >= 15 is 0 Å². The van der Waals surface area contributed by atoms with Gasteiger partial charge >= 0.3 is 5.69 Å². The number of nitro groups is 1. The summed E-state index contributed by atoms with van der Waals surface area (Å²) in [7, 11) is 0. The maximum Gasteiger partial charge on any atom is 0.312 e. The van der Waals surface area contributed by atoms with Gasteiger partial charge < -0.3 is 10.8 Å². The van der Waals surface area contributed by atoms with Crippen LogP contribution in [0, 0.1) is 21.4 Å². The van der Waals surface area contributed by atoms with Crippen molar-refractivity contribution in [2.75, 3.05) is 0 Å². The van der Waals surface area contributed by atoms with E-state index in [2.05, 4.69) is 0 Å². The smallest absolute Gasteiger partial charge is 0.312 e. The summed E-state index contributed by atoms with van der Waals surface area (Å²) in [5, 5.41) is 29.2. The Morgan fingerprint density at radius 2 is 2.22 bits per heavy atom. The minimum Gasteiger partial charge on any atom is -0.502 e. The molecule has 1 aromatic carbocycles. The van der Waals surface area contributed by atoms with Gasteiger partial charge in [-0.2, -0.15) is 5.26 Å². The Labute approximate surface area is 111 Å². The summed E-state index contributed by atoms with van der Waals surface area (Å²) in [4.78, 5) is 9.99. The topological polar surface area (TPSA) is 113 Å². The highest BCUT2D eigenvalue weighted by atomic mass is 35.5. The highest BCUT2D eigenvalue weighted by Crippen LogP contribution is 2.35. The van der Waals surface area contributed by atoms with Crippen LogP contribution in [0.1, 0.15) is 36.9 Å². The number of rotatable bonds is 4. The van der Waals surface area contributed by atoms with Crippen LogP contribution in [0.3, 0.4) is 0 Å². The maximum absolute atomic E-state index is 10.7. The fourth-order valence-corrected chi connectivity index (χ4v) is 1.59. The fourth-order valence-electron chi connectivity index (χ4n) is 1.59. The largest absolute Gasteiger partial charge is 0.502 e. The zero-order valence-electron chi connectivity index (χ0n) is 9.79. The van der Waals surface area contributed by atoms with Crippen molar-refractivity contribution in [2.24, 2.45) is 5.73 Å². The number of phenols is 1. The van der Waals surface area contributed by atoms with Gasteiger partial charge in [0.25, 0.3) is 0 Å². The number of phenolic OH excluding ortho intramolecular Hbond substituents is 1. The SMILES string of the molecule is CCC[C@@H](N)c1cc(C#N)cc([N+](=O)[O-])c1O.Cl. The first kappa shape index (κ1) is 16.2. The molecule has 0 saturated carbocycles. The van der Waals surface area contributed by atoms with Crippen LogP contribution in [0.25, 0.3) is 0 Å². The number of aromatic hydroxyl groups is 1. The Morgan fingerprint density at radius 1 is 1.61 bits per heavy atom. The van der Waals surface area contributed by atoms with E-state index in [1.165, 1.54) is 6.07 Å². The molecule has 3 N–H and O–H groups in total. The molecule has 98 valence electrons. The van der Waals surface area contributed by atoms with Crippen LogP contribution >= 0.6 is 12.4 Å². The van der Waals surface area contributed by atoms with Gasteiger partial charge in [-0.1, -0.05) is 13.3 Å². The number of hydrogen-bond donors (Lipinski definition) is 2. The molecule has 18 heavy (non-hydrogen) atoms. The van der Waals surface area contributed by atoms with Crippen LogP contribution in [0.5, 0.6) is 5.75 Å². The van der Waals surface area contributed by atoms with Crippen molar-refractivity contribution in [3.05, 3.63) is 33.4 Å². The summed E-state index contributed by atoms with van der Waals surface area (Å²) in [6.45, 7) is 1.92. The summed E-state index contributed by atoms with van der Waals surface area (Å²) in [6.07, 6.45) is 1.37. The molecule has 7 heteroatoms. The first-order chi connectivity index (χ1) is 8.01. The van der Waals surface area contributed by atoms with Crippen molar-refractivity contribution in [2.45, 2.75) is 25.8 Å². The predicted molar refractivity (Wildman–Crippen MR) is 68.6 cm³/mol. The zero-order chi connectivity index (χ0) is 13.0. The second-order valence-corrected chi connectivity index (χ2v) is 3.70. The molecule has 0 amide bonds. The first-order valence-corrected chi connectivity index (χ1v) is 5.18. The van der Waals surface area contributed by atoms with Crippen LogP contribution in [0.4, 0.5) is 5.69 Å². The third-order valence-electron chi connectivity index (χ3n) is 2.44. The average Bonchev–Trinajstić information content (AvgIpc) is 2.29. The van der Waals surface area contributed by atoms with E-state index < -0.39 is 22.4 Å². The van der Waals surface area contributed by atoms with Gasteiger partial charge in [-0.25, -0.2) is 0 Å². The Hall–Kier alpha value is -1.84. The van der Waals surface area contributed by atoms with Crippen molar-refractivity contribution in [3.63, 3.8) is 0 Å². The minimum atomic E-state index is -0.724. The van der Waals surface area contributed by atoms with E-state index in [9.17, 15) is 15.2 Å². The van der Waals surface area contributed by atoms with Crippen molar-refractivity contribution in [1.29, 1.82) is 5.26 Å². The van der Waals surface area contributed by atoms with E-state index in [-0.39, 0.29) is 23.5 Å². The molecule has 0 aliphatic rings. The van der Waals surface area contributed by atoms with Gasteiger partial charge in [-0.3, -0.25) is 10.1 Å². The lowest BCUT2D eigenvalue weighted by Gasteiger charge is -2.12. The molecule has 0 aliphatic carbocycles. The third-order valence-corrected chi connectivity index (χ3v) is 2.44. The molecule has 6 nitrogen and oxygen atoms in total. The number of hydrogen-bond acceptors (Lipinski definition) is 5. The number of nitro benzene ring substituents is 1. The molecule has 0 aromatic heterocycles. The van der Waals surface area contributed by atoms with E-state index in [4.69, 9.17) is 11.0 Å². The Balaban J connectivity index is 0.00000289.